The van der Waals surface area contributed by atoms with Crippen molar-refractivity contribution in [2.24, 2.45) is 5.73 Å². The van der Waals surface area contributed by atoms with Crippen molar-refractivity contribution in [2.75, 3.05) is 16.3 Å². The summed E-state index contributed by atoms with van der Waals surface area (Å²) in [4.78, 5) is 12.0. The Balaban J connectivity index is 2.99. The second-order valence-corrected chi connectivity index (χ2v) is 6.39. The minimum atomic E-state index is -3.41. The summed E-state index contributed by atoms with van der Waals surface area (Å²) < 4.78 is 24.8. The van der Waals surface area contributed by atoms with Crippen LogP contribution in [0, 0.1) is 0 Å². The lowest BCUT2D eigenvalue weighted by atomic mass is 9.99. The SMILES string of the molecule is CCC(C)(N)C(=O)Nc1ccccc1NS(C)(=O)=O. The Morgan fingerprint density at radius 3 is 2.32 bits per heavy atom. The largest absolute Gasteiger partial charge is 0.323 e. The minimum absolute atomic E-state index is 0.310. The van der Waals surface area contributed by atoms with Crippen LogP contribution in [0.15, 0.2) is 24.3 Å². The van der Waals surface area contributed by atoms with E-state index < -0.39 is 15.6 Å². The van der Waals surface area contributed by atoms with E-state index >= 15 is 0 Å². The third-order valence-electron chi connectivity index (χ3n) is 2.72. The summed E-state index contributed by atoms with van der Waals surface area (Å²) in [6, 6.07) is 6.54. The molecule has 1 aromatic carbocycles. The van der Waals surface area contributed by atoms with Crippen LogP contribution in [0.2, 0.25) is 0 Å². The van der Waals surface area contributed by atoms with Gasteiger partial charge in [-0.05, 0) is 25.5 Å². The molecule has 0 bridgehead atoms. The summed E-state index contributed by atoms with van der Waals surface area (Å²) in [6.07, 6.45) is 1.52. The molecule has 1 atom stereocenters. The number of sulfonamides is 1. The first-order chi connectivity index (χ1) is 8.65. The first-order valence-electron chi connectivity index (χ1n) is 5.83. The topological polar surface area (TPSA) is 101 Å². The van der Waals surface area contributed by atoms with Gasteiger partial charge in [0.05, 0.1) is 23.2 Å². The predicted octanol–water partition coefficient (Wildman–Crippen LogP) is 1.12. The number of carbonyl (C=O) groups excluding carboxylic acids is 1. The van der Waals surface area contributed by atoms with Crippen molar-refractivity contribution in [2.45, 2.75) is 25.8 Å². The Bertz CT molecular complexity index is 567. The van der Waals surface area contributed by atoms with E-state index in [1.54, 1.807) is 38.1 Å². The molecule has 1 rings (SSSR count). The molecule has 0 aromatic heterocycles. The van der Waals surface area contributed by atoms with E-state index in [-0.39, 0.29) is 5.91 Å². The summed E-state index contributed by atoms with van der Waals surface area (Å²) in [5.41, 5.74) is 5.52. The Hall–Kier alpha value is -1.60. The number of para-hydroxylation sites is 2. The molecular weight excluding hydrogens is 266 g/mol. The standard InChI is InChI=1S/C12H19N3O3S/c1-4-12(2,13)11(16)14-9-7-5-6-8-10(9)15-19(3,17)18/h5-8,15H,4,13H2,1-3H3,(H,14,16). The summed E-state index contributed by atoms with van der Waals surface area (Å²) in [7, 11) is -3.41. The van der Waals surface area contributed by atoms with Crippen molar-refractivity contribution in [1.82, 2.24) is 0 Å². The van der Waals surface area contributed by atoms with Gasteiger partial charge in [0.1, 0.15) is 0 Å². The molecule has 106 valence electrons. The molecule has 1 amide bonds. The molecular formula is C12H19N3O3S. The van der Waals surface area contributed by atoms with E-state index in [1.807, 2.05) is 0 Å². The molecule has 0 saturated carbocycles. The number of benzene rings is 1. The number of amides is 1. The normalized spacial score (nSPS) is 14.5. The maximum Gasteiger partial charge on any atom is 0.244 e. The summed E-state index contributed by atoms with van der Waals surface area (Å²) >= 11 is 0. The van der Waals surface area contributed by atoms with Gasteiger partial charge in [0.2, 0.25) is 15.9 Å². The molecule has 1 aromatic rings. The fourth-order valence-electron chi connectivity index (χ4n) is 1.31. The van der Waals surface area contributed by atoms with Crippen molar-refractivity contribution in [3.8, 4) is 0 Å². The van der Waals surface area contributed by atoms with Crippen molar-refractivity contribution < 1.29 is 13.2 Å². The number of anilines is 2. The second-order valence-electron chi connectivity index (χ2n) is 4.64. The molecule has 0 fully saturated rings. The highest BCUT2D eigenvalue weighted by atomic mass is 32.2. The Morgan fingerprint density at radius 1 is 1.32 bits per heavy atom. The van der Waals surface area contributed by atoms with Crippen molar-refractivity contribution in [3.63, 3.8) is 0 Å². The summed E-state index contributed by atoms with van der Waals surface area (Å²) in [6.45, 7) is 3.43. The van der Waals surface area contributed by atoms with E-state index in [9.17, 15) is 13.2 Å². The number of hydrogen-bond acceptors (Lipinski definition) is 4. The summed E-state index contributed by atoms with van der Waals surface area (Å²) in [5, 5.41) is 2.63. The zero-order valence-corrected chi connectivity index (χ0v) is 12.0. The molecule has 19 heavy (non-hydrogen) atoms. The molecule has 0 saturated heterocycles. The average molecular weight is 285 g/mol. The highest BCUT2D eigenvalue weighted by Gasteiger charge is 2.26. The quantitative estimate of drug-likeness (QED) is 0.754. The van der Waals surface area contributed by atoms with Crippen LogP contribution in [0.1, 0.15) is 20.3 Å². The first-order valence-corrected chi connectivity index (χ1v) is 7.72. The van der Waals surface area contributed by atoms with Gasteiger partial charge in [-0.3, -0.25) is 9.52 Å². The number of nitrogens with one attached hydrogen (secondary N) is 2. The Kier molecular flexibility index (Phi) is 4.54. The fourth-order valence-corrected chi connectivity index (χ4v) is 1.88. The van der Waals surface area contributed by atoms with Crippen LogP contribution in [-0.2, 0) is 14.8 Å². The molecule has 6 nitrogen and oxygen atoms in total. The predicted molar refractivity (Wildman–Crippen MR) is 76.4 cm³/mol. The van der Waals surface area contributed by atoms with E-state index in [2.05, 4.69) is 10.0 Å². The fraction of sp³-hybridized carbons (Fsp3) is 0.417. The highest BCUT2D eigenvalue weighted by Crippen LogP contribution is 2.23. The molecule has 0 aliphatic carbocycles. The molecule has 0 radical (unpaired) electrons. The van der Waals surface area contributed by atoms with Crippen molar-refractivity contribution in [1.29, 1.82) is 0 Å². The maximum atomic E-state index is 12.0. The van der Waals surface area contributed by atoms with Gasteiger partial charge < -0.3 is 11.1 Å². The third-order valence-corrected chi connectivity index (χ3v) is 3.31. The monoisotopic (exact) mass is 285 g/mol. The van der Waals surface area contributed by atoms with Crippen LogP contribution in [0.5, 0.6) is 0 Å². The maximum absolute atomic E-state index is 12.0. The van der Waals surface area contributed by atoms with Gasteiger partial charge in [-0.15, -0.1) is 0 Å². The molecule has 0 heterocycles. The van der Waals surface area contributed by atoms with E-state index in [1.165, 1.54) is 0 Å². The van der Waals surface area contributed by atoms with Crippen LogP contribution < -0.4 is 15.8 Å². The van der Waals surface area contributed by atoms with E-state index in [4.69, 9.17) is 5.73 Å². The van der Waals surface area contributed by atoms with E-state index in [0.29, 0.717) is 17.8 Å². The Labute approximate surface area is 113 Å². The lowest BCUT2D eigenvalue weighted by Crippen LogP contribution is -2.47. The lowest BCUT2D eigenvalue weighted by Gasteiger charge is -2.22. The van der Waals surface area contributed by atoms with Gasteiger partial charge >= 0.3 is 0 Å². The van der Waals surface area contributed by atoms with Gasteiger partial charge in [0.15, 0.2) is 0 Å². The van der Waals surface area contributed by atoms with Gasteiger partial charge in [-0.2, -0.15) is 0 Å². The first kappa shape index (κ1) is 15.5. The minimum Gasteiger partial charge on any atom is -0.323 e. The van der Waals surface area contributed by atoms with Crippen LogP contribution in [0.4, 0.5) is 11.4 Å². The van der Waals surface area contributed by atoms with Gasteiger partial charge in [-0.1, -0.05) is 19.1 Å². The zero-order valence-electron chi connectivity index (χ0n) is 11.2. The Morgan fingerprint density at radius 2 is 1.84 bits per heavy atom. The van der Waals surface area contributed by atoms with Crippen molar-refractivity contribution in [3.05, 3.63) is 24.3 Å². The average Bonchev–Trinajstić information content (AvgIpc) is 2.29. The molecule has 0 aliphatic rings. The molecule has 0 spiro atoms. The van der Waals surface area contributed by atoms with Crippen LogP contribution in [0.3, 0.4) is 0 Å². The van der Waals surface area contributed by atoms with Crippen LogP contribution in [0.25, 0.3) is 0 Å². The van der Waals surface area contributed by atoms with Gasteiger partial charge in [0.25, 0.3) is 0 Å². The van der Waals surface area contributed by atoms with Crippen LogP contribution >= 0.6 is 0 Å². The lowest BCUT2D eigenvalue weighted by molar-refractivity contribution is -0.120. The van der Waals surface area contributed by atoms with Gasteiger partial charge in [-0.25, -0.2) is 8.42 Å². The highest BCUT2D eigenvalue weighted by molar-refractivity contribution is 7.92. The van der Waals surface area contributed by atoms with Crippen molar-refractivity contribution >= 4 is 27.3 Å². The number of hydrogen-bond donors (Lipinski definition) is 3. The number of carbonyl (C=O) groups is 1. The molecule has 1 unspecified atom stereocenters. The smallest absolute Gasteiger partial charge is 0.244 e. The van der Waals surface area contributed by atoms with E-state index in [0.717, 1.165) is 6.26 Å². The summed E-state index contributed by atoms with van der Waals surface area (Å²) in [5.74, 6) is -0.363. The number of nitrogens with two attached hydrogens (primary N) is 1. The van der Waals surface area contributed by atoms with Crippen LogP contribution in [-0.4, -0.2) is 26.1 Å². The van der Waals surface area contributed by atoms with Gasteiger partial charge in [0, 0.05) is 0 Å². The zero-order chi connectivity index (χ0) is 14.7. The molecule has 4 N–H and O–H groups in total. The second kappa shape index (κ2) is 5.58. The molecule has 7 heteroatoms. The number of rotatable bonds is 5. The molecule has 0 aliphatic heterocycles. The third kappa shape index (κ3) is 4.53.